The summed E-state index contributed by atoms with van der Waals surface area (Å²) in [6.07, 6.45) is 0. The Morgan fingerprint density at radius 1 is 1.23 bits per heavy atom. The third kappa shape index (κ3) is 3.66. The van der Waals surface area contributed by atoms with Gasteiger partial charge in [-0.1, -0.05) is 11.6 Å². The van der Waals surface area contributed by atoms with Gasteiger partial charge in [-0.05, 0) is 49.0 Å². The topological polar surface area (TPSA) is 83.1 Å². The maximum Gasteiger partial charge on any atom is 0.270 e. The minimum absolute atomic E-state index is 0.0461. The predicted molar refractivity (Wildman–Crippen MR) is 99.9 cm³/mol. The fourth-order valence-electron chi connectivity index (χ4n) is 2.39. The Morgan fingerprint density at radius 3 is 2.54 bits per heavy atom. The number of nitro groups is 1. The molecule has 0 radical (unpaired) electrons. The van der Waals surface area contributed by atoms with Crippen LogP contribution in [0, 0.1) is 10.1 Å². The van der Waals surface area contributed by atoms with Crippen LogP contribution < -0.4 is 4.74 Å². The van der Waals surface area contributed by atoms with Crippen LogP contribution in [0.2, 0.25) is 5.02 Å². The maximum absolute atomic E-state index is 10.8. The van der Waals surface area contributed by atoms with E-state index in [4.69, 9.17) is 16.3 Å². The van der Waals surface area contributed by atoms with Crippen LogP contribution in [0.4, 0.5) is 5.69 Å². The lowest BCUT2D eigenvalue weighted by Crippen LogP contribution is -1.99. The SMILES string of the molecule is CCn1c(Sc2ccc([N+](=O)[O-])cc2Cl)nnc1-c1ccc(OC)cc1. The summed E-state index contributed by atoms with van der Waals surface area (Å²) in [4.78, 5) is 11.0. The molecule has 134 valence electrons. The van der Waals surface area contributed by atoms with Gasteiger partial charge in [0.2, 0.25) is 0 Å². The first-order chi connectivity index (χ1) is 12.5. The normalized spacial score (nSPS) is 10.7. The average molecular weight is 391 g/mol. The molecule has 0 N–H and O–H groups in total. The summed E-state index contributed by atoms with van der Waals surface area (Å²) < 4.78 is 7.14. The molecule has 0 bridgehead atoms. The van der Waals surface area contributed by atoms with Gasteiger partial charge >= 0.3 is 0 Å². The van der Waals surface area contributed by atoms with Gasteiger partial charge in [-0.25, -0.2) is 0 Å². The molecule has 7 nitrogen and oxygen atoms in total. The number of hydrogen-bond acceptors (Lipinski definition) is 6. The van der Waals surface area contributed by atoms with E-state index in [-0.39, 0.29) is 5.69 Å². The van der Waals surface area contributed by atoms with Crippen LogP contribution in [-0.2, 0) is 6.54 Å². The van der Waals surface area contributed by atoms with E-state index < -0.39 is 4.92 Å². The molecule has 0 aliphatic rings. The fourth-order valence-corrected chi connectivity index (χ4v) is 3.57. The molecule has 0 fully saturated rings. The van der Waals surface area contributed by atoms with Crippen LogP contribution in [0.25, 0.3) is 11.4 Å². The lowest BCUT2D eigenvalue weighted by Gasteiger charge is -2.08. The molecule has 1 aromatic heterocycles. The van der Waals surface area contributed by atoms with Gasteiger partial charge in [-0.3, -0.25) is 10.1 Å². The summed E-state index contributed by atoms with van der Waals surface area (Å²) in [5, 5.41) is 20.3. The van der Waals surface area contributed by atoms with Crippen molar-refractivity contribution in [1.29, 1.82) is 0 Å². The molecule has 3 aromatic rings. The standard InChI is InChI=1S/C17H15ClN4O3S/c1-3-21-16(11-4-7-13(25-2)8-5-11)19-20-17(21)26-15-9-6-12(22(23)24)10-14(15)18/h4-10H,3H2,1-2H3. The Kier molecular flexibility index (Phi) is 5.43. The van der Waals surface area contributed by atoms with E-state index in [1.165, 1.54) is 23.9 Å². The van der Waals surface area contributed by atoms with E-state index in [9.17, 15) is 10.1 Å². The highest BCUT2D eigenvalue weighted by Crippen LogP contribution is 2.36. The van der Waals surface area contributed by atoms with Crippen LogP contribution >= 0.6 is 23.4 Å². The number of nitrogens with zero attached hydrogens (tertiary/aromatic N) is 4. The maximum atomic E-state index is 10.8. The molecule has 0 saturated heterocycles. The van der Waals surface area contributed by atoms with Gasteiger partial charge in [0, 0.05) is 29.1 Å². The minimum atomic E-state index is -0.476. The quantitative estimate of drug-likeness (QED) is 0.448. The highest BCUT2D eigenvalue weighted by molar-refractivity contribution is 7.99. The second kappa shape index (κ2) is 7.76. The summed E-state index contributed by atoms with van der Waals surface area (Å²) in [5.74, 6) is 1.50. The summed E-state index contributed by atoms with van der Waals surface area (Å²) in [6, 6.07) is 11.9. The van der Waals surface area contributed by atoms with Gasteiger partial charge in [0.25, 0.3) is 5.69 Å². The molecule has 0 atom stereocenters. The largest absolute Gasteiger partial charge is 0.497 e. The highest BCUT2D eigenvalue weighted by Gasteiger charge is 2.17. The van der Waals surface area contributed by atoms with Crippen LogP contribution in [0.15, 0.2) is 52.5 Å². The van der Waals surface area contributed by atoms with E-state index in [1.54, 1.807) is 13.2 Å². The zero-order valence-electron chi connectivity index (χ0n) is 14.0. The average Bonchev–Trinajstić information content (AvgIpc) is 3.05. The van der Waals surface area contributed by atoms with Crippen LogP contribution in [0.5, 0.6) is 5.75 Å². The van der Waals surface area contributed by atoms with Gasteiger partial charge in [0.15, 0.2) is 11.0 Å². The fraction of sp³-hybridized carbons (Fsp3) is 0.176. The smallest absolute Gasteiger partial charge is 0.270 e. The van der Waals surface area contributed by atoms with E-state index >= 15 is 0 Å². The monoisotopic (exact) mass is 390 g/mol. The number of nitro benzene ring substituents is 1. The van der Waals surface area contributed by atoms with Crippen molar-refractivity contribution in [2.24, 2.45) is 0 Å². The third-order valence-electron chi connectivity index (χ3n) is 3.71. The number of halogens is 1. The molecule has 0 aliphatic carbocycles. The summed E-state index contributed by atoms with van der Waals surface area (Å²) >= 11 is 7.50. The number of ether oxygens (including phenoxy) is 1. The van der Waals surface area contributed by atoms with Crippen LogP contribution in [0.1, 0.15) is 6.92 Å². The predicted octanol–water partition coefficient (Wildman–Crippen LogP) is 4.69. The lowest BCUT2D eigenvalue weighted by molar-refractivity contribution is -0.384. The molecule has 26 heavy (non-hydrogen) atoms. The minimum Gasteiger partial charge on any atom is -0.497 e. The molecular formula is C17H15ClN4O3S. The Hall–Kier alpha value is -2.58. The molecule has 0 aliphatic heterocycles. The number of benzene rings is 2. The molecule has 2 aromatic carbocycles. The number of hydrogen-bond donors (Lipinski definition) is 0. The molecule has 0 spiro atoms. The molecule has 3 rings (SSSR count). The second-order valence-corrected chi connectivity index (χ2v) is 6.67. The van der Waals surface area contributed by atoms with E-state index in [2.05, 4.69) is 10.2 Å². The van der Waals surface area contributed by atoms with Gasteiger partial charge in [-0.15, -0.1) is 10.2 Å². The Labute approximate surface area is 159 Å². The van der Waals surface area contributed by atoms with Crippen molar-refractivity contribution in [2.45, 2.75) is 23.5 Å². The van der Waals surface area contributed by atoms with Crippen molar-refractivity contribution in [1.82, 2.24) is 14.8 Å². The zero-order valence-corrected chi connectivity index (χ0v) is 15.6. The number of methoxy groups -OCH3 is 1. The number of rotatable bonds is 6. The van der Waals surface area contributed by atoms with E-state index in [0.29, 0.717) is 21.6 Å². The van der Waals surface area contributed by atoms with Crippen LogP contribution in [-0.4, -0.2) is 26.8 Å². The first kappa shape index (κ1) is 18.2. The summed E-state index contributed by atoms with van der Waals surface area (Å²) in [6.45, 7) is 2.67. The summed E-state index contributed by atoms with van der Waals surface area (Å²) in [7, 11) is 1.62. The second-order valence-electron chi connectivity index (χ2n) is 5.25. The first-order valence-electron chi connectivity index (χ1n) is 7.73. The van der Waals surface area contributed by atoms with E-state index in [0.717, 1.165) is 17.1 Å². The van der Waals surface area contributed by atoms with Crippen molar-refractivity contribution in [3.63, 3.8) is 0 Å². The highest BCUT2D eigenvalue weighted by atomic mass is 35.5. The van der Waals surface area contributed by atoms with Crippen molar-refractivity contribution < 1.29 is 9.66 Å². The summed E-state index contributed by atoms with van der Waals surface area (Å²) in [5.41, 5.74) is 0.872. The van der Waals surface area contributed by atoms with Crippen molar-refractivity contribution in [3.8, 4) is 17.1 Å². The van der Waals surface area contributed by atoms with Crippen molar-refractivity contribution in [3.05, 3.63) is 57.6 Å². The van der Waals surface area contributed by atoms with Gasteiger partial charge in [-0.2, -0.15) is 0 Å². The zero-order chi connectivity index (χ0) is 18.7. The first-order valence-corrected chi connectivity index (χ1v) is 8.92. The molecule has 9 heteroatoms. The molecule has 0 unspecified atom stereocenters. The third-order valence-corrected chi connectivity index (χ3v) is 5.19. The van der Waals surface area contributed by atoms with Crippen molar-refractivity contribution >= 4 is 29.1 Å². The van der Waals surface area contributed by atoms with Gasteiger partial charge < -0.3 is 9.30 Å². The van der Waals surface area contributed by atoms with Gasteiger partial charge in [0.1, 0.15) is 5.75 Å². The Bertz CT molecular complexity index is 944. The molecular weight excluding hydrogens is 376 g/mol. The number of non-ortho nitro benzene ring substituents is 1. The Morgan fingerprint density at radius 2 is 1.96 bits per heavy atom. The Balaban J connectivity index is 1.92. The molecule has 0 saturated carbocycles. The molecule has 1 heterocycles. The lowest BCUT2D eigenvalue weighted by atomic mass is 10.2. The number of aromatic nitrogens is 3. The molecule has 0 amide bonds. The van der Waals surface area contributed by atoms with E-state index in [1.807, 2.05) is 35.8 Å². The van der Waals surface area contributed by atoms with Crippen LogP contribution in [0.3, 0.4) is 0 Å². The van der Waals surface area contributed by atoms with Gasteiger partial charge in [0.05, 0.1) is 17.1 Å². The van der Waals surface area contributed by atoms with Crippen molar-refractivity contribution in [2.75, 3.05) is 7.11 Å².